The van der Waals surface area contributed by atoms with Gasteiger partial charge in [-0.15, -0.1) is 22.7 Å². The molecule has 180 valence electrons. The van der Waals surface area contributed by atoms with E-state index >= 15 is 0 Å². The number of ether oxygens (including phenoxy) is 1. The molecule has 2 fully saturated rings. The first-order chi connectivity index (χ1) is 16.4. The minimum Gasteiger partial charge on any atom is -0.372 e. The summed E-state index contributed by atoms with van der Waals surface area (Å²) in [5.74, 6) is 0.545. The van der Waals surface area contributed by atoms with Crippen LogP contribution in [0.15, 0.2) is 23.7 Å². The summed E-state index contributed by atoms with van der Waals surface area (Å²) in [5.41, 5.74) is 2.38. The van der Waals surface area contributed by atoms with Gasteiger partial charge in [0.2, 0.25) is 0 Å². The number of nitrogens with one attached hydrogen (secondary N) is 1. The SMILES string of the molecule is Cc1nc(C)c(-c2csc(Nc3ccc(C(=O)N4[C@@H]5CC[C@H]4CC(OCC(F)F)C5)cn3)n2)s1. The number of hydrogen-bond donors (Lipinski definition) is 1. The second-order valence-electron chi connectivity index (χ2n) is 8.66. The number of hydrogen-bond acceptors (Lipinski definition) is 8. The van der Waals surface area contributed by atoms with Crippen LogP contribution >= 0.6 is 22.7 Å². The van der Waals surface area contributed by atoms with Crippen LogP contribution in [-0.4, -0.2) is 57.0 Å². The number of fused-ring (bicyclic) bond motifs is 2. The monoisotopic (exact) mass is 505 g/mol. The normalized spacial score (nSPS) is 21.9. The summed E-state index contributed by atoms with van der Waals surface area (Å²) in [5, 5.41) is 6.92. The van der Waals surface area contributed by atoms with E-state index < -0.39 is 13.0 Å². The highest BCUT2D eigenvalue weighted by Crippen LogP contribution is 2.38. The molecule has 1 amide bonds. The lowest BCUT2D eigenvalue weighted by Gasteiger charge is -2.38. The number of aromatic nitrogens is 3. The van der Waals surface area contributed by atoms with Gasteiger partial charge in [0.25, 0.3) is 12.3 Å². The molecular weight excluding hydrogens is 480 g/mol. The van der Waals surface area contributed by atoms with Crippen molar-refractivity contribution in [3.63, 3.8) is 0 Å². The molecule has 34 heavy (non-hydrogen) atoms. The second kappa shape index (κ2) is 9.63. The number of amides is 1. The van der Waals surface area contributed by atoms with Crippen molar-refractivity contribution in [2.45, 2.75) is 64.1 Å². The van der Waals surface area contributed by atoms with Gasteiger partial charge in [0.1, 0.15) is 12.4 Å². The molecule has 2 aliphatic heterocycles. The third kappa shape index (κ3) is 4.82. The number of rotatable bonds is 7. The highest BCUT2D eigenvalue weighted by atomic mass is 32.1. The Labute approximate surface area is 204 Å². The van der Waals surface area contributed by atoms with Crippen LogP contribution < -0.4 is 5.32 Å². The van der Waals surface area contributed by atoms with Crippen molar-refractivity contribution < 1.29 is 18.3 Å². The molecule has 7 nitrogen and oxygen atoms in total. The predicted molar refractivity (Wildman–Crippen MR) is 128 cm³/mol. The summed E-state index contributed by atoms with van der Waals surface area (Å²) in [6, 6.07) is 3.59. The highest BCUT2D eigenvalue weighted by molar-refractivity contribution is 7.16. The number of carbonyl (C=O) groups excluding carboxylic acids is 1. The maximum Gasteiger partial charge on any atom is 0.261 e. The summed E-state index contributed by atoms with van der Waals surface area (Å²) in [4.78, 5) is 29.7. The van der Waals surface area contributed by atoms with Gasteiger partial charge in [-0.1, -0.05) is 0 Å². The van der Waals surface area contributed by atoms with Gasteiger partial charge in [0, 0.05) is 23.7 Å². The van der Waals surface area contributed by atoms with Crippen molar-refractivity contribution >= 4 is 39.5 Å². The van der Waals surface area contributed by atoms with Crippen LogP contribution in [0.5, 0.6) is 0 Å². The van der Waals surface area contributed by atoms with Crippen LogP contribution in [0.25, 0.3) is 10.6 Å². The Morgan fingerprint density at radius 1 is 1.24 bits per heavy atom. The molecule has 11 heteroatoms. The van der Waals surface area contributed by atoms with Crippen LogP contribution in [0.1, 0.15) is 46.7 Å². The zero-order valence-electron chi connectivity index (χ0n) is 18.8. The molecule has 1 unspecified atom stereocenters. The standard InChI is InChI=1S/C23H25F2N5O2S2/c1-12-21(34-13(2)27-12)18-11-33-23(28-18)29-20-6-3-14(9-26-20)22(31)30-15-4-5-16(30)8-17(7-15)32-10-19(24)25/h3,6,9,11,15-17,19H,4-5,7-8,10H2,1-2H3,(H,26,28,29)/t15-,16+,17?. The quantitative estimate of drug-likeness (QED) is 0.461. The van der Waals surface area contributed by atoms with E-state index in [2.05, 4.69) is 20.3 Å². The van der Waals surface area contributed by atoms with Crippen molar-refractivity contribution in [3.8, 4) is 10.6 Å². The molecule has 3 atom stereocenters. The number of halogens is 2. The summed E-state index contributed by atoms with van der Waals surface area (Å²) < 4.78 is 30.3. The van der Waals surface area contributed by atoms with Gasteiger partial charge in [0.15, 0.2) is 5.13 Å². The molecular formula is C23H25F2N5O2S2. The molecule has 3 aromatic rings. The van der Waals surface area contributed by atoms with Crippen LogP contribution in [0, 0.1) is 13.8 Å². The number of thiazole rings is 2. The molecule has 1 N–H and O–H groups in total. The van der Waals surface area contributed by atoms with Gasteiger partial charge in [-0.25, -0.2) is 23.7 Å². The number of alkyl halides is 2. The van der Waals surface area contributed by atoms with E-state index in [4.69, 9.17) is 4.74 Å². The van der Waals surface area contributed by atoms with Gasteiger partial charge in [-0.3, -0.25) is 4.79 Å². The first-order valence-corrected chi connectivity index (χ1v) is 12.9. The van der Waals surface area contributed by atoms with Crippen molar-refractivity contribution in [2.24, 2.45) is 0 Å². The summed E-state index contributed by atoms with van der Waals surface area (Å²) in [6.45, 7) is 3.42. The fourth-order valence-electron chi connectivity index (χ4n) is 4.86. The number of aryl methyl sites for hydroxylation is 2. The first-order valence-electron chi connectivity index (χ1n) is 11.2. The van der Waals surface area contributed by atoms with E-state index in [9.17, 15) is 13.6 Å². The summed E-state index contributed by atoms with van der Waals surface area (Å²) >= 11 is 3.11. The largest absolute Gasteiger partial charge is 0.372 e. The third-order valence-electron chi connectivity index (χ3n) is 6.27. The fourth-order valence-corrected chi connectivity index (χ4v) is 6.52. The van der Waals surface area contributed by atoms with Gasteiger partial charge in [-0.2, -0.15) is 0 Å². The molecule has 0 aliphatic carbocycles. The average molecular weight is 506 g/mol. The van der Waals surface area contributed by atoms with E-state index in [1.54, 1.807) is 29.7 Å². The van der Waals surface area contributed by atoms with E-state index in [-0.39, 0.29) is 24.1 Å². The van der Waals surface area contributed by atoms with Crippen LogP contribution in [-0.2, 0) is 4.74 Å². The Morgan fingerprint density at radius 3 is 2.62 bits per heavy atom. The zero-order chi connectivity index (χ0) is 23.8. The van der Waals surface area contributed by atoms with Crippen molar-refractivity contribution in [2.75, 3.05) is 11.9 Å². The zero-order valence-corrected chi connectivity index (χ0v) is 20.5. The lowest BCUT2D eigenvalue weighted by molar-refractivity contribution is -0.0563. The Bertz CT molecular complexity index is 1150. The smallest absolute Gasteiger partial charge is 0.261 e. The van der Waals surface area contributed by atoms with E-state index in [1.165, 1.54) is 11.3 Å². The molecule has 0 spiro atoms. The number of anilines is 2. The first kappa shape index (κ1) is 23.3. The molecule has 5 rings (SSSR count). The van der Waals surface area contributed by atoms with Gasteiger partial charge in [-0.05, 0) is 51.7 Å². The van der Waals surface area contributed by atoms with Crippen LogP contribution in [0.4, 0.5) is 19.7 Å². The number of carbonyl (C=O) groups is 1. The van der Waals surface area contributed by atoms with Crippen LogP contribution in [0.2, 0.25) is 0 Å². The number of nitrogens with zero attached hydrogens (tertiary/aromatic N) is 4. The van der Waals surface area contributed by atoms with Crippen molar-refractivity contribution in [1.29, 1.82) is 0 Å². The minimum absolute atomic E-state index is 0.0271. The van der Waals surface area contributed by atoms with Crippen molar-refractivity contribution in [3.05, 3.63) is 40.0 Å². The molecule has 2 saturated heterocycles. The lowest BCUT2D eigenvalue weighted by atomic mass is 9.98. The maximum atomic E-state index is 13.2. The van der Waals surface area contributed by atoms with Gasteiger partial charge < -0.3 is 15.0 Å². The predicted octanol–water partition coefficient (Wildman–Crippen LogP) is 5.44. The average Bonchev–Trinajstić information content (AvgIpc) is 3.47. The maximum absolute atomic E-state index is 13.2. The van der Waals surface area contributed by atoms with Gasteiger partial charge >= 0.3 is 0 Å². The molecule has 3 aromatic heterocycles. The Morgan fingerprint density at radius 2 is 2.00 bits per heavy atom. The Hall–Kier alpha value is -2.50. The molecule has 5 heterocycles. The number of pyridine rings is 1. The third-order valence-corrected chi connectivity index (χ3v) is 8.12. The molecule has 2 aliphatic rings. The Kier molecular flexibility index (Phi) is 6.59. The van der Waals surface area contributed by atoms with E-state index in [0.29, 0.717) is 24.2 Å². The number of piperidine rings is 1. The Balaban J connectivity index is 1.22. The van der Waals surface area contributed by atoms with Crippen molar-refractivity contribution in [1.82, 2.24) is 19.9 Å². The topological polar surface area (TPSA) is 80.2 Å². The lowest BCUT2D eigenvalue weighted by Crippen LogP contribution is -2.48. The van der Waals surface area contributed by atoms with E-state index in [1.807, 2.05) is 24.1 Å². The van der Waals surface area contributed by atoms with Gasteiger partial charge in [0.05, 0.1) is 32.9 Å². The molecule has 2 bridgehead atoms. The molecule has 0 saturated carbocycles. The fraction of sp³-hybridized carbons (Fsp3) is 0.478. The summed E-state index contributed by atoms with van der Waals surface area (Å²) in [7, 11) is 0. The highest BCUT2D eigenvalue weighted by Gasteiger charge is 2.44. The molecule has 0 radical (unpaired) electrons. The second-order valence-corrected chi connectivity index (χ2v) is 10.7. The summed E-state index contributed by atoms with van der Waals surface area (Å²) in [6.07, 6.45) is 1.87. The van der Waals surface area contributed by atoms with Crippen LogP contribution in [0.3, 0.4) is 0 Å². The molecule has 0 aromatic carbocycles. The van der Waals surface area contributed by atoms with E-state index in [0.717, 1.165) is 39.2 Å². The minimum atomic E-state index is -2.47.